The highest BCUT2D eigenvalue weighted by Crippen LogP contribution is 2.58. The fourth-order valence-electron chi connectivity index (χ4n) is 6.58. The fraction of sp³-hybridized carbons (Fsp3) is 0.560. The lowest BCUT2D eigenvalue weighted by molar-refractivity contribution is -0.0567. The molecule has 0 saturated carbocycles. The third kappa shape index (κ3) is 5.85. The summed E-state index contributed by atoms with van der Waals surface area (Å²) in [5, 5.41) is 23.9. The number of anilines is 1. The van der Waals surface area contributed by atoms with Crippen molar-refractivity contribution in [2.24, 2.45) is 0 Å². The number of ether oxygens (including phenoxy) is 2. The molecular weight excluding hydrogens is 714 g/mol. The number of hydrogen-bond donors (Lipinski definition) is 5. The lowest BCUT2D eigenvalue weighted by Crippen LogP contribution is -2.36. The molecule has 0 spiro atoms. The van der Waals surface area contributed by atoms with Gasteiger partial charge in [0, 0.05) is 11.6 Å². The van der Waals surface area contributed by atoms with Gasteiger partial charge < -0.3 is 48.5 Å². The molecule has 3 fully saturated rings. The van der Waals surface area contributed by atoms with E-state index in [0.717, 1.165) is 42.3 Å². The summed E-state index contributed by atoms with van der Waals surface area (Å²) in [6.45, 7) is -4.73. The van der Waals surface area contributed by atoms with Gasteiger partial charge in [0.05, 0.1) is 25.2 Å². The van der Waals surface area contributed by atoms with Crippen LogP contribution in [0.15, 0.2) is 25.2 Å². The second-order valence-corrected chi connectivity index (χ2v) is 19.7. The standard InChI is InChI=1S/C25H30N8O9P2S3/c26-21-16-23(30-9-28-21)33(10-31-16)25-20-17(34)13(39-25)6-37-43(36,45)41-19-14(7-38-44(46,47)42-20)40-24(18(19)35)32-5-11-3-1-2-4-12-15(11)22(32)29-8-27-12/h5,8-10,13-14,17-20,24-25,34-35H,1-4,6-7H2,(H,36,45)(H,46,47)(H2,26,28,30)/t13-,14-,17-,18-,19-,20-,24-,25-,43?/m1/s1. The monoisotopic (exact) mass is 744 g/mol. The Morgan fingerprint density at radius 2 is 1.60 bits per heavy atom. The predicted octanol–water partition coefficient (Wildman–Crippen LogP) is 1.44. The fourth-order valence-corrected chi connectivity index (χ4v) is 9.96. The molecule has 252 valence electrons. The molecule has 0 amide bonds. The summed E-state index contributed by atoms with van der Waals surface area (Å²) < 4.78 is 39.5. The Hall–Kier alpha value is -1.74. The highest BCUT2D eigenvalue weighted by atomic mass is 32.9. The number of aromatic nitrogens is 7. The largest absolute Gasteiger partial charge is 0.387 e. The van der Waals surface area contributed by atoms with Crippen LogP contribution >= 0.6 is 24.7 Å². The van der Waals surface area contributed by atoms with Gasteiger partial charge in [0.2, 0.25) is 5.69 Å². The van der Waals surface area contributed by atoms with Crippen LogP contribution in [0.4, 0.5) is 5.82 Å². The number of aryl methyl sites for hydroxylation is 2. The molecule has 10 atom stereocenters. The molecule has 4 aliphatic rings. The first-order valence-corrected chi connectivity index (χ1v) is 21.1. The molecule has 17 nitrogen and oxygen atoms in total. The van der Waals surface area contributed by atoms with Crippen LogP contribution in [0.2, 0.25) is 0 Å². The topological polar surface area (TPSA) is 216 Å². The maximum Gasteiger partial charge on any atom is 0.325 e. The van der Waals surface area contributed by atoms with Crippen molar-refractivity contribution in [3.05, 3.63) is 36.4 Å². The molecule has 8 rings (SSSR count). The van der Waals surface area contributed by atoms with Crippen molar-refractivity contribution < 1.29 is 42.7 Å². The van der Waals surface area contributed by atoms with Crippen molar-refractivity contribution in [2.75, 3.05) is 18.9 Å². The molecule has 2 unspecified atom stereocenters. The summed E-state index contributed by atoms with van der Waals surface area (Å²) in [4.78, 5) is 32.7. The zero-order chi connectivity index (χ0) is 32.7. The summed E-state index contributed by atoms with van der Waals surface area (Å²) in [6.07, 6.45) is 0.659. The minimum atomic E-state index is -4.07. The second kappa shape index (κ2) is 12.2. The minimum absolute atomic E-state index is 0.152. The zero-order valence-electron chi connectivity index (χ0n) is 24.3. The van der Waals surface area contributed by atoms with E-state index in [9.17, 15) is 15.1 Å². The van der Waals surface area contributed by atoms with Gasteiger partial charge in [-0.05, 0) is 54.9 Å². The lowest BCUT2D eigenvalue weighted by atomic mass is 10.1. The molecule has 7 heterocycles. The summed E-state index contributed by atoms with van der Waals surface area (Å²) >= 11 is 15.6. The number of imidazole rings is 1. The van der Waals surface area contributed by atoms with Gasteiger partial charge >= 0.3 is 6.72 Å². The predicted molar refractivity (Wildman–Crippen MR) is 175 cm³/mol. The third-order valence-corrected chi connectivity index (χ3v) is 12.5. The number of nitrogen functional groups attached to an aromatic ring is 1. The SMILES string of the molecule is Nc1ncnc2c1ncn2[C@@H]1O[C@@H]2COP(O)(=S)O[C@H]3[C@@H](O)[C@H](n4cc5c6c(ncnc64)CCCC5)O[C@@H]3COP(=S)(S)O[C@@H]1[C@@H]2O. The Balaban J connectivity index is 1.11. The molecule has 0 radical (unpaired) electrons. The van der Waals surface area contributed by atoms with E-state index in [1.54, 1.807) is 4.57 Å². The van der Waals surface area contributed by atoms with Crippen molar-refractivity contribution in [1.29, 1.82) is 0 Å². The van der Waals surface area contributed by atoms with E-state index in [0.29, 0.717) is 16.8 Å². The number of hydrogen-bond acceptors (Lipinski definition) is 16. The van der Waals surface area contributed by atoms with Gasteiger partial charge in [0.15, 0.2) is 23.9 Å². The molecule has 47 heavy (non-hydrogen) atoms. The van der Waals surface area contributed by atoms with E-state index in [1.807, 2.05) is 6.20 Å². The first-order chi connectivity index (χ1) is 22.5. The quantitative estimate of drug-likeness (QED) is 0.145. The van der Waals surface area contributed by atoms with Gasteiger partial charge in [-0.3, -0.25) is 9.09 Å². The van der Waals surface area contributed by atoms with Gasteiger partial charge in [0.1, 0.15) is 60.4 Å². The number of aliphatic hydroxyl groups is 2. The first-order valence-electron chi connectivity index (χ1n) is 14.7. The molecular formula is C25H30N8O9P2S3. The summed E-state index contributed by atoms with van der Waals surface area (Å²) in [5.74, 6) is 0.152. The van der Waals surface area contributed by atoms with Gasteiger partial charge in [-0.2, -0.15) is 0 Å². The van der Waals surface area contributed by atoms with Crippen LogP contribution in [0.5, 0.6) is 0 Å². The molecule has 1 aliphatic carbocycles. The molecule has 4 aromatic heterocycles. The van der Waals surface area contributed by atoms with Crippen LogP contribution in [-0.2, 0) is 64.0 Å². The third-order valence-electron chi connectivity index (χ3n) is 8.75. The minimum Gasteiger partial charge on any atom is -0.387 e. The number of aliphatic hydroxyl groups excluding tert-OH is 2. The number of rotatable bonds is 2. The van der Waals surface area contributed by atoms with Crippen molar-refractivity contribution in [2.45, 2.75) is 74.8 Å². The van der Waals surface area contributed by atoms with E-state index in [4.69, 9.17) is 56.9 Å². The van der Waals surface area contributed by atoms with Crippen LogP contribution in [-0.4, -0.2) is 99.0 Å². The molecule has 3 aliphatic heterocycles. The number of nitrogens with two attached hydrogens (primary N) is 1. The Morgan fingerprint density at radius 3 is 2.45 bits per heavy atom. The maximum absolute atomic E-state index is 11.6. The van der Waals surface area contributed by atoms with E-state index < -0.39 is 68.1 Å². The summed E-state index contributed by atoms with van der Waals surface area (Å²) in [6, 6.07) is 0. The van der Waals surface area contributed by atoms with Gasteiger partial charge in [0.25, 0.3) is 0 Å². The van der Waals surface area contributed by atoms with Crippen LogP contribution in [0.25, 0.3) is 22.2 Å². The molecule has 22 heteroatoms. The van der Waals surface area contributed by atoms with E-state index >= 15 is 0 Å². The smallest absolute Gasteiger partial charge is 0.325 e. The van der Waals surface area contributed by atoms with E-state index in [-0.39, 0.29) is 12.4 Å². The van der Waals surface area contributed by atoms with Crippen LogP contribution in [0.1, 0.15) is 36.6 Å². The van der Waals surface area contributed by atoms with Crippen molar-refractivity contribution in [3.63, 3.8) is 0 Å². The Kier molecular flexibility index (Phi) is 8.45. The highest BCUT2D eigenvalue weighted by Gasteiger charge is 2.52. The van der Waals surface area contributed by atoms with Crippen molar-refractivity contribution in [1.82, 2.24) is 34.1 Å². The van der Waals surface area contributed by atoms with Crippen LogP contribution in [0.3, 0.4) is 0 Å². The second-order valence-electron chi connectivity index (χ2n) is 11.7. The summed E-state index contributed by atoms with van der Waals surface area (Å²) in [5.41, 5.74) is 5.77. The molecule has 2 bridgehead atoms. The number of thiol groups is 1. The average Bonchev–Trinajstić information content (AvgIpc) is 3.74. The lowest BCUT2D eigenvalue weighted by Gasteiger charge is -2.28. The molecule has 4 aromatic rings. The summed E-state index contributed by atoms with van der Waals surface area (Å²) in [7, 11) is 0. The van der Waals surface area contributed by atoms with E-state index in [1.165, 1.54) is 23.5 Å². The number of fused-ring (bicyclic) bond motifs is 4. The normalized spacial score (nSPS) is 38.0. The Morgan fingerprint density at radius 1 is 0.851 bits per heavy atom. The molecule has 5 N–H and O–H groups in total. The first kappa shape index (κ1) is 32.5. The average molecular weight is 745 g/mol. The van der Waals surface area contributed by atoms with Crippen molar-refractivity contribution in [3.8, 4) is 0 Å². The Bertz CT molecular complexity index is 1950. The van der Waals surface area contributed by atoms with Crippen molar-refractivity contribution >= 4 is 76.3 Å². The van der Waals surface area contributed by atoms with Gasteiger partial charge in [-0.25, -0.2) is 24.9 Å². The molecule has 0 aromatic carbocycles. The Labute approximate surface area is 282 Å². The van der Waals surface area contributed by atoms with Crippen LogP contribution in [0, 0.1) is 0 Å². The van der Waals surface area contributed by atoms with Gasteiger partial charge in [-0.15, -0.1) is 0 Å². The van der Waals surface area contributed by atoms with Gasteiger partial charge in [-0.1, -0.05) is 12.2 Å². The number of nitrogens with zero attached hydrogens (tertiary/aromatic N) is 7. The highest BCUT2D eigenvalue weighted by molar-refractivity contribution is 8.60. The van der Waals surface area contributed by atoms with E-state index in [2.05, 4.69) is 37.2 Å². The van der Waals surface area contributed by atoms with Crippen LogP contribution < -0.4 is 5.73 Å². The zero-order valence-corrected chi connectivity index (χ0v) is 28.6. The maximum atomic E-state index is 11.6. The molecule has 3 saturated heterocycles.